The summed E-state index contributed by atoms with van der Waals surface area (Å²) in [5, 5.41) is 14.3. The van der Waals surface area contributed by atoms with E-state index >= 15 is 0 Å². The van der Waals surface area contributed by atoms with E-state index in [0.717, 1.165) is 4.47 Å². The summed E-state index contributed by atoms with van der Waals surface area (Å²) >= 11 is 4.72. The Labute approximate surface area is 112 Å². The summed E-state index contributed by atoms with van der Waals surface area (Å²) in [6.07, 6.45) is 1.30. The molecule has 6 heteroatoms. The molecule has 1 saturated heterocycles. The molecule has 0 spiro atoms. The summed E-state index contributed by atoms with van der Waals surface area (Å²) in [5.74, 6) is -0.136. The highest BCUT2D eigenvalue weighted by molar-refractivity contribution is 9.10. The number of halogens is 1. The first-order valence-electron chi connectivity index (χ1n) is 5.41. The molecule has 4 nitrogen and oxygen atoms in total. The van der Waals surface area contributed by atoms with Crippen LogP contribution in [-0.2, 0) is 4.74 Å². The summed E-state index contributed by atoms with van der Waals surface area (Å²) in [6.45, 7) is 1.10. The third kappa shape index (κ3) is 2.88. The van der Waals surface area contributed by atoms with E-state index < -0.39 is 5.54 Å². The zero-order chi connectivity index (χ0) is 12.3. The fourth-order valence-corrected chi connectivity index (χ4v) is 3.28. The first-order chi connectivity index (χ1) is 8.17. The third-order valence-corrected chi connectivity index (χ3v) is 4.79. The predicted octanol–water partition coefficient (Wildman–Crippen LogP) is 1.78. The Kier molecular flexibility index (Phi) is 4.19. The van der Waals surface area contributed by atoms with E-state index in [4.69, 9.17) is 4.74 Å². The Morgan fingerprint density at radius 2 is 2.29 bits per heavy atom. The maximum atomic E-state index is 12.1. The highest BCUT2D eigenvalue weighted by Crippen LogP contribution is 2.25. The number of carbonyl (C=O) groups is 1. The minimum atomic E-state index is -0.529. The number of hydrogen-bond acceptors (Lipinski definition) is 4. The van der Waals surface area contributed by atoms with Crippen molar-refractivity contribution < 1.29 is 14.6 Å². The molecule has 2 N–H and O–H groups in total. The minimum Gasteiger partial charge on any atom is -0.394 e. The number of amides is 1. The van der Waals surface area contributed by atoms with Crippen LogP contribution in [0.2, 0.25) is 0 Å². The summed E-state index contributed by atoms with van der Waals surface area (Å²) in [6, 6.07) is 1.84. The Morgan fingerprint density at radius 3 is 2.82 bits per heavy atom. The maximum Gasteiger partial charge on any atom is 0.263 e. The molecule has 17 heavy (non-hydrogen) atoms. The summed E-state index contributed by atoms with van der Waals surface area (Å²) in [7, 11) is 0. The van der Waals surface area contributed by atoms with Gasteiger partial charge < -0.3 is 15.2 Å². The molecule has 1 aromatic heterocycles. The lowest BCUT2D eigenvalue weighted by Gasteiger charge is -2.36. The van der Waals surface area contributed by atoms with Gasteiger partial charge in [0.05, 0.1) is 12.1 Å². The van der Waals surface area contributed by atoms with Crippen molar-refractivity contribution in [3.8, 4) is 0 Å². The van der Waals surface area contributed by atoms with Crippen LogP contribution < -0.4 is 5.32 Å². The van der Waals surface area contributed by atoms with Gasteiger partial charge in [0.1, 0.15) is 4.88 Å². The Morgan fingerprint density at radius 1 is 1.59 bits per heavy atom. The number of aliphatic hydroxyl groups excluding tert-OH is 1. The number of rotatable bonds is 3. The topological polar surface area (TPSA) is 58.6 Å². The van der Waals surface area contributed by atoms with E-state index in [2.05, 4.69) is 21.2 Å². The monoisotopic (exact) mass is 319 g/mol. The van der Waals surface area contributed by atoms with Crippen molar-refractivity contribution in [3.63, 3.8) is 0 Å². The first-order valence-corrected chi connectivity index (χ1v) is 7.08. The number of aliphatic hydroxyl groups is 1. The van der Waals surface area contributed by atoms with Crippen LogP contribution in [0.1, 0.15) is 22.5 Å². The highest BCUT2D eigenvalue weighted by atomic mass is 79.9. The molecule has 0 unspecified atom stereocenters. The van der Waals surface area contributed by atoms with Crippen molar-refractivity contribution >= 4 is 33.2 Å². The molecule has 1 fully saturated rings. The molecule has 0 saturated carbocycles. The van der Waals surface area contributed by atoms with Crippen LogP contribution in [0.3, 0.4) is 0 Å². The van der Waals surface area contributed by atoms with Gasteiger partial charge >= 0.3 is 0 Å². The van der Waals surface area contributed by atoms with Gasteiger partial charge in [-0.1, -0.05) is 0 Å². The number of thiophene rings is 1. The Hall–Kier alpha value is -0.430. The van der Waals surface area contributed by atoms with Crippen molar-refractivity contribution in [3.05, 3.63) is 20.8 Å². The largest absolute Gasteiger partial charge is 0.394 e. The molecule has 0 atom stereocenters. The van der Waals surface area contributed by atoms with Gasteiger partial charge in [0.25, 0.3) is 5.91 Å². The molecular formula is C11H14BrNO3S. The van der Waals surface area contributed by atoms with Gasteiger partial charge in [-0.05, 0) is 40.2 Å². The fraction of sp³-hybridized carbons (Fsp3) is 0.545. The van der Waals surface area contributed by atoms with Crippen molar-refractivity contribution in [2.75, 3.05) is 19.8 Å². The van der Waals surface area contributed by atoms with Gasteiger partial charge in [-0.2, -0.15) is 0 Å². The van der Waals surface area contributed by atoms with Crippen molar-refractivity contribution in [1.29, 1.82) is 0 Å². The normalized spacial score (nSPS) is 18.9. The van der Waals surface area contributed by atoms with Gasteiger partial charge in [-0.15, -0.1) is 11.3 Å². The van der Waals surface area contributed by atoms with Crippen LogP contribution in [0, 0.1) is 0 Å². The fourth-order valence-electron chi connectivity index (χ4n) is 1.84. The van der Waals surface area contributed by atoms with Gasteiger partial charge in [0.15, 0.2) is 0 Å². The zero-order valence-corrected chi connectivity index (χ0v) is 11.6. The van der Waals surface area contributed by atoms with Gasteiger partial charge in [0.2, 0.25) is 0 Å². The van der Waals surface area contributed by atoms with Gasteiger partial charge in [-0.3, -0.25) is 4.79 Å². The molecule has 2 heterocycles. The Balaban J connectivity index is 2.08. The second-order valence-corrected chi connectivity index (χ2v) is 5.87. The lowest BCUT2D eigenvalue weighted by Crippen LogP contribution is -2.54. The highest BCUT2D eigenvalue weighted by Gasteiger charge is 2.34. The van der Waals surface area contributed by atoms with E-state index in [0.29, 0.717) is 30.9 Å². The molecular weight excluding hydrogens is 306 g/mol. The SMILES string of the molecule is O=C(NC1(CO)CCOCC1)c1sccc1Br. The van der Waals surface area contributed by atoms with E-state index in [9.17, 15) is 9.90 Å². The Bertz CT molecular complexity index is 401. The van der Waals surface area contributed by atoms with E-state index in [1.165, 1.54) is 11.3 Å². The van der Waals surface area contributed by atoms with Crippen LogP contribution in [0.5, 0.6) is 0 Å². The number of carbonyl (C=O) groups excluding carboxylic acids is 1. The van der Waals surface area contributed by atoms with Crippen LogP contribution >= 0.6 is 27.3 Å². The van der Waals surface area contributed by atoms with Gasteiger partial charge in [0, 0.05) is 17.7 Å². The number of nitrogens with one attached hydrogen (secondary N) is 1. The molecule has 0 radical (unpaired) electrons. The minimum absolute atomic E-state index is 0.0505. The predicted molar refractivity (Wildman–Crippen MR) is 69.4 cm³/mol. The lowest BCUT2D eigenvalue weighted by molar-refractivity contribution is 0.0126. The van der Waals surface area contributed by atoms with E-state index in [-0.39, 0.29) is 12.5 Å². The quantitative estimate of drug-likeness (QED) is 0.893. The molecule has 1 aliphatic rings. The van der Waals surface area contributed by atoms with Crippen molar-refractivity contribution in [2.45, 2.75) is 18.4 Å². The summed E-state index contributed by atoms with van der Waals surface area (Å²) in [5.41, 5.74) is -0.529. The number of ether oxygens (including phenoxy) is 1. The molecule has 0 bridgehead atoms. The van der Waals surface area contributed by atoms with Crippen molar-refractivity contribution in [2.24, 2.45) is 0 Å². The first kappa shape index (κ1) is 13.0. The van der Waals surface area contributed by atoms with Crippen LogP contribution in [-0.4, -0.2) is 36.4 Å². The zero-order valence-electron chi connectivity index (χ0n) is 9.24. The molecule has 1 aliphatic heterocycles. The van der Waals surface area contributed by atoms with E-state index in [1.807, 2.05) is 11.4 Å². The van der Waals surface area contributed by atoms with E-state index in [1.54, 1.807) is 0 Å². The molecule has 0 aromatic carbocycles. The average Bonchev–Trinajstić information content (AvgIpc) is 2.77. The molecule has 1 amide bonds. The molecule has 94 valence electrons. The second kappa shape index (κ2) is 5.48. The van der Waals surface area contributed by atoms with Crippen LogP contribution in [0.15, 0.2) is 15.9 Å². The molecule has 2 rings (SSSR count). The molecule has 0 aliphatic carbocycles. The summed E-state index contributed by atoms with van der Waals surface area (Å²) < 4.78 is 6.05. The smallest absolute Gasteiger partial charge is 0.263 e. The number of hydrogen-bond donors (Lipinski definition) is 2. The standard InChI is InChI=1S/C11H14BrNO3S/c12-8-1-6-17-9(8)10(15)13-11(7-14)2-4-16-5-3-11/h1,6,14H,2-5,7H2,(H,13,15). The van der Waals surface area contributed by atoms with Crippen LogP contribution in [0.25, 0.3) is 0 Å². The summed E-state index contributed by atoms with van der Waals surface area (Å²) in [4.78, 5) is 12.7. The van der Waals surface area contributed by atoms with Crippen molar-refractivity contribution in [1.82, 2.24) is 5.32 Å². The average molecular weight is 320 g/mol. The lowest BCUT2D eigenvalue weighted by atomic mass is 9.91. The van der Waals surface area contributed by atoms with Gasteiger partial charge in [-0.25, -0.2) is 0 Å². The third-order valence-electron chi connectivity index (χ3n) is 2.95. The second-order valence-electron chi connectivity index (χ2n) is 4.10. The van der Waals surface area contributed by atoms with Crippen LogP contribution in [0.4, 0.5) is 0 Å². The maximum absolute atomic E-state index is 12.1. The molecule has 1 aromatic rings.